The third-order valence-corrected chi connectivity index (χ3v) is 3.31. The van der Waals surface area contributed by atoms with E-state index in [9.17, 15) is 8.78 Å². The normalized spacial score (nSPS) is 12.3. The molecule has 0 bridgehead atoms. The van der Waals surface area contributed by atoms with Crippen molar-refractivity contribution in [3.63, 3.8) is 0 Å². The van der Waals surface area contributed by atoms with E-state index >= 15 is 0 Å². The van der Waals surface area contributed by atoms with Crippen LogP contribution in [-0.2, 0) is 0 Å². The molecule has 1 nitrogen and oxygen atoms in total. The first-order valence-electron chi connectivity index (χ1n) is 5.95. The molecule has 0 saturated carbocycles. The van der Waals surface area contributed by atoms with Gasteiger partial charge in [-0.1, -0.05) is 23.7 Å². The van der Waals surface area contributed by atoms with Crippen LogP contribution in [0.3, 0.4) is 0 Å². The van der Waals surface area contributed by atoms with Gasteiger partial charge in [-0.05, 0) is 49.2 Å². The maximum Gasteiger partial charge on any atom is 0.142 e. The Morgan fingerprint density at radius 3 is 2.42 bits per heavy atom. The SMILES string of the molecule is Cc1ccc(NC(C)c2ccc(Cl)c(F)c2)cc1F. The molecular weight excluding hydrogens is 268 g/mol. The first-order valence-corrected chi connectivity index (χ1v) is 6.33. The second-order valence-electron chi connectivity index (χ2n) is 4.50. The molecule has 2 rings (SSSR count). The summed E-state index contributed by atoms with van der Waals surface area (Å²) in [4.78, 5) is 0. The van der Waals surface area contributed by atoms with Gasteiger partial charge in [0.25, 0.3) is 0 Å². The number of nitrogens with one attached hydrogen (secondary N) is 1. The van der Waals surface area contributed by atoms with E-state index in [0.29, 0.717) is 11.3 Å². The summed E-state index contributed by atoms with van der Waals surface area (Å²) in [7, 11) is 0. The molecule has 100 valence electrons. The molecule has 2 aromatic carbocycles. The van der Waals surface area contributed by atoms with E-state index in [1.165, 1.54) is 18.2 Å². The van der Waals surface area contributed by atoms with E-state index < -0.39 is 5.82 Å². The first-order chi connectivity index (χ1) is 8.97. The summed E-state index contributed by atoms with van der Waals surface area (Å²) in [6, 6.07) is 9.42. The second-order valence-corrected chi connectivity index (χ2v) is 4.91. The number of halogens is 3. The van der Waals surface area contributed by atoms with Crippen LogP contribution in [0, 0.1) is 18.6 Å². The maximum atomic E-state index is 13.4. The second kappa shape index (κ2) is 5.57. The van der Waals surface area contributed by atoms with Crippen LogP contribution in [0.4, 0.5) is 14.5 Å². The Morgan fingerprint density at radius 1 is 1.05 bits per heavy atom. The highest BCUT2D eigenvalue weighted by Crippen LogP contribution is 2.24. The molecule has 1 atom stereocenters. The zero-order valence-electron chi connectivity index (χ0n) is 10.7. The Bertz CT molecular complexity index is 599. The van der Waals surface area contributed by atoms with Crippen LogP contribution in [0.2, 0.25) is 5.02 Å². The number of hydrogen-bond acceptors (Lipinski definition) is 1. The van der Waals surface area contributed by atoms with Gasteiger partial charge in [0.1, 0.15) is 11.6 Å². The third-order valence-electron chi connectivity index (χ3n) is 3.00. The molecule has 0 aliphatic carbocycles. The van der Waals surface area contributed by atoms with Gasteiger partial charge in [-0.25, -0.2) is 8.78 Å². The lowest BCUT2D eigenvalue weighted by Crippen LogP contribution is -2.07. The van der Waals surface area contributed by atoms with E-state index in [1.807, 2.05) is 6.92 Å². The fraction of sp³-hybridized carbons (Fsp3) is 0.200. The molecule has 0 heterocycles. The molecule has 0 spiro atoms. The molecule has 4 heteroatoms. The Hall–Kier alpha value is -1.61. The maximum absolute atomic E-state index is 13.4. The van der Waals surface area contributed by atoms with Crippen LogP contribution in [0.15, 0.2) is 36.4 Å². The molecule has 0 aliphatic rings. The molecule has 1 unspecified atom stereocenters. The van der Waals surface area contributed by atoms with Gasteiger partial charge in [-0.2, -0.15) is 0 Å². The van der Waals surface area contributed by atoms with Gasteiger partial charge in [-0.15, -0.1) is 0 Å². The summed E-state index contributed by atoms with van der Waals surface area (Å²) in [5, 5.41) is 3.22. The highest BCUT2D eigenvalue weighted by atomic mass is 35.5. The summed E-state index contributed by atoms with van der Waals surface area (Å²) in [5.41, 5.74) is 2.00. The van der Waals surface area contributed by atoms with Crippen LogP contribution in [0.1, 0.15) is 24.1 Å². The summed E-state index contributed by atoms with van der Waals surface area (Å²) in [6.07, 6.45) is 0. The largest absolute Gasteiger partial charge is 0.378 e. The quantitative estimate of drug-likeness (QED) is 0.825. The van der Waals surface area contributed by atoms with E-state index in [2.05, 4.69) is 5.32 Å². The van der Waals surface area contributed by atoms with Crippen molar-refractivity contribution in [3.8, 4) is 0 Å². The Kier molecular flexibility index (Phi) is 4.05. The Morgan fingerprint density at radius 2 is 1.79 bits per heavy atom. The van der Waals surface area contributed by atoms with Crippen molar-refractivity contribution in [1.82, 2.24) is 0 Å². The van der Waals surface area contributed by atoms with Crippen LogP contribution in [-0.4, -0.2) is 0 Å². The lowest BCUT2D eigenvalue weighted by Gasteiger charge is -2.16. The molecule has 0 amide bonds. The smallest absolute Gasteiger partial charge is 0.142 e. The zero-order valence-corrected chi connectivity index (χ0v) is 11.4. The van der Waals surface area contributed by atoms with Crippen molar-refractivity contribution in [3.05, 3.63) is 64.2 Å². The predicted molar refractivity (Wildman–Crippen MR) is 74.6 cm³/mol. The summed E-state index contributed by atoms with van der Waals surface area (Å²) in [5.74, 6) is -0.720. The molecule has 0 aliphatic heterocycles. The molecular formula is C15H14ClF2N. The number of anilines is 1. The van der Waals surface area contributed by atoms with E-state index in [1.54, 1.807) is 25.1 Å². The van der Waals surface area contributed by atoms with Gasteiger partial charge in [0, 0.05) is 11.7 Å². The van der Waals surface area contributed by atoms with Gasteiger partial charge in [0.2, 0.25) is 0 Å². The van der Waals surface area contributed by atoms with Crippen LogP contribution in [0.25, 0.3) is 0 Å². The first kappa shape index (κ1) is 13.8. The summed E-state index contributed by atoms with van der Waals surface area (Å²) >= 11 is 5.64. The van der Waals surface area contributed by atoms with Gasteiger partial charge >= 0.3 is 0 Å². The molecule has 1 N–H and O–H groups in total. The Labute approximate surface area is 116 Å². The minimum absolute atomic E-state index is 0.0948. The predicted octanol–water partition coefficient (Wildman–Crippen LogP) is 5.10. The van der Waals surface area contributed by atoms with Gasteiger partial charge < -0.3 is 5.32 Å². The molecule has 2 aromatic rings. The molecule has 0 fully saturated rings. The van der Waals surface area contributed by atoms with E-state index in [0.717, 1.165) is 5.56 Å². The van der Waals surface area contributed by atoms with Gasteiger partial charge in [0.05, 0.1) is 5.02 Å². The van der Waals surface area contributed by atoms with Crippen molar-refractivity contribution in [2.75, 3.05) is 5.32 Å². The van der Waals surface area contributed by atoms with Gasteiger partial charge in [0.15, 0.2) is 0 Å². The number of rotatable bonds is 3. The van der Waals surface area contributed by atoms with E-state index in [4.69, 9.17) is 11.6 Å². The third kappa shape index (κ3) is 3.24. The Balaban J connectivity index is 2.17. The zero-order chi connectivity index (χ0) is 14.0. The van der Waals surface area contributed by atoms with Crippen LogP contribution in [0.5, 0.6) is 0 Å². The van der Waals surface area contributed by atoms with Crippen molar-refractivity contribution < 1.29 is 8.78 Å². The number of benzene rings is 2. The topological polar surface area (TPSA) is 12.0 Å². The summed E-state index contributed by atoms with van der Waals surface area (Å²) < 4.78 is 26.8. The highest BCUT2D eigenvalue weighted by Gasteiger charge is 2.09. The fourth-order valence-corrected chi connectivity index (χ4v) is 1.92. The van der Waals surface area contributed by atoms with Crippen molar-refractivity contribution in [2.45, 2.75) is 19.9 Å². The van der Waals surface area contributed by atoms with Crippen molar-refractivity contribution in [2.24, 2.45) is 0 Å². The molecule has 19 heavy (non-hydrogen) atoms. The van der Waals surface area contributed by atoms with Crippen LogP contribution < -0.4 is 5.32 Å². The van der Waals surface area contributed by atoms with Crippen molar-refractivity contribution >= 4 is 17.3 Å². The number of hydrogen-bond donors (Lipinski definition) is 1. The molecule has 0 aromatic heterocycles. The van der Waals surface area contributed by atoms with E-state index in [-0.39, 0.29) is 16.9 Å². The minimum Gasteiger partial charge on any atom is -0.378 e. The monoisotopic (exact) mass is 281 g/mol. The lowest BCUT2D eigenvalue weighted by atomic mass is 10.1. The number of aryl methyl sites for hydroxylation is 1. The molecule has 0 radical (unpaired) electrons. The minimum atomic E-state index is -0.456. The average molecular weight is 282 g/mol. The lowest BCUT2D eigenvalue weighted by molar-refractivity contribution is 0.618. The van der Waals surface area contributed by atoms with Crippen molar-refractivity contribution in [1.29, 1.82) is 0 Å². The summed E-state index contributed by atoms with van der Waals surface area (Å²) in [6.45, 7) is 3.58. The highest BCUT2D eigenvalue weighted by molar-refractivity contribution is 6.30. The molecule has 0 saturated heterocycles. The average Bonchev–Trinajstić information content (AvgIpc) is 2.37. The standard InChI is InChI=1S/C15H14ClF2N/c1-9-3-5-12(8-14(9)17)19-10(2)11-4-6-13(16)15(18)7-11/h3-8,10,19H,1-2H3. The van der Waals surface area contributed by atoms with Gasteiger partial charge in [-0.3, -0.25) is 0 Å². The fourth-order valence-electron chi connectivity index (χ4n) is 1.80. The van der Waals surface area contributed by atoms with Crippen LogP contribution >= 0.6 is 11.6 Å².